The summed E-state index contributed by atoms with van der Waals surface area (Å²) in [5.41, 5.74) is 8.03. The molecule has 0 fully saturated rings. The van der Waals surface area contributed by atoms with Gasteiger partial charge in [-0.3, -0.25) is 0 Å². The standard InChI is InChI=1S/C32H21N/c1-2-8-26(9-3-1)27-20-16-24(17-21-27)14-15-25-18-22-28(23-19-25)33-31-12-6-4-10-29(31)30-11-5-7-13-32(30)33/h1-13,16-23H. The Balaban J connectivity index is 1.31. The van der Waals surface area contributed by atoms with Gasteiger partial charge in [0.25, 0.3) is 0 Å². The molecule has 1 heterocycles. The molecule has 1 heteroatoms. The van der Waals surface area contributed by atoms with Crippen molar-refractivity contribution >= 4 is 21.8 Å². The first-order valence-corrected chi connectivity index (χ1v) is 11.1. The molecule has 1 aromatic heterocycles. The summed E-state index contributed by atoms with van der Waals surface area (Å²) >= 11 is 0. The molecule has 0 bridgehead atoms. The molecule has 0 spiro atoms. The number of hydrogen-bond acceptors (Lipinski definition) is 0. The minimum Gasteiger partial charge on any atom is -0.309 e. The zero-order chi connectivity index (χ0) is 22.0. The van der Waals surface area contributed by atoms with Crippen molar-refractivity contribution in [3.8, 4) is 28.7 Å². The lowest BCUT2D eigenvalue weighted by atomic mass is 10.0. The number of benzene rings is 5. The number of hydrogen-bond donors (Lipinski definition) is 0. The fourth-order valence-electron chi connectivity index (χ4n) is 4.42. The molecule has 0 aliphatic heterocycles. The van der Waals surface area contributed by atoms with Crippen LogP contribution < -0.4 is 0 Å². The van der Waals surface area contributed by atoms with Crippen molar-refractivity contribution in [2.45, 2.75) is 0 Å². The zero-order valence-corrected chi connectivity index (χ0v) is 18.1. The molecular formula is C32H21N. The molecule has 33 heavy (non-hydrogen) atoms. The van der Waals surface area contributed by atoms with Gasteiger partial charge in [0.1, 0.15) is 0 Å². The zero-order valence-electron chi connectivity index (χ0n) is 18.1. The van der Waals surface area contributed by atoms with Crippen molar-refractivity contribution in [2.24, 2.45) is 0 Å². The molecule has 6 rings (SSSR count). The molecule has 0 unspecified atom stereocenters. The maximum atomic E-state index is 3.31. The second-order valence-corrected chi connectivity index (χ2v) is 8.11. The van der Waals surface area contributed by atoms with Gasteiger partial charge in [0.15, 0.2) is 0 Å². The fourth-order valence-corrected chi connectivity index (χ4v) is 4.42. The third-order valence-corrected chi connectivity index (χ3v) is 6.05. The van der Waals surface area contributed by atoms with Gasteiger partial charge in [-0.25, -0.2) is 0 Å². The summed E-state index contributed by atoms with van der Waals surface area (Å²) in [7, 11) is 0. The topological polar surface area (TPSA) is 4.93 Å². The van der Waals surface area contributed by atoms with E-state index in [1.807, 2.05) is 6.07 Å². The number of fused-ring (bicyclic) bond motifs is 3. The highest BCUT2D eigenvalue weighted by Crippen LogP contribution is 2.31. The molecule has 0 N–H and O–H groups in total. The summed E-state index contributed by atoms with van der Waals surface area (Å²) in [6.07, 6.45) is 0. The van der Waals surface area contributed by atoms with Crippen LogP contribution in [0.4, 0.5) is 0 Å². The van der Waals surface area contributed by atoms with E-state index in [0.717, 1.165) is 16.8 Å². The predicted molar refractivity (Wildman–Crippen MR) is 139 cm³/mol. The van der Waals surface area contributed by atoms with Gasteiger partial charge in [0.05, 0.1) is 11.0 Å². The van der Waals surface area contributed by atoms with Crippen LogP contribution in [0.5, 0.6) is 0 Å². The van der Waals surface area contributed by atoms with Crippen LogP contribution in [0.2, 0.25) is 0 Å². The Morgan fingerprint density at radius 2 is 0.848 bits per heavy atom. The summed E-state index contributed by atoms with van der Waals surface area (Å²) < 4.78 is 2.32. The van der Waals surface area contributed by atoms with Gasteiger partial charge >= 0.3 is 0 Å². The highest BCUT2D eigenvalue weighted by molar-refractivity contribution is 6.09. The van der Waals surface area contributed by atoms with E-state index in [2.05, 4.69) is 138 Å². The molecule has 154 valence electrons. The Kier molecular flexibility index (Phi) is 4.76. The van der Waals surface area contributed by atoms with Gasteiger partial charge in [-0.15, -0.1) is 0 Å². The van der Waals surface area contributed by atoms with Crippen molar-refractivity contribution in [1.82, 2.24) is 4.57 Å². The van der Waals surface area contributed by atoms with E-state index in [9.17, 15) is 0 Å². The second-order valence-electron chi connectivity index (χ2n) is 8.11. The number of nitrogens with zero attached hydrogens (tertiary/aromatic N) is 1. The Bertz CT molecular complexity index is 1570. The molecule has 0 amide bonds. The van der Waals surface area contributed by atoms with E-state index in [1.165, 1.54) is 32.9 Å². The molecule has 0 radical (unpaired) electrons. The van der Waals surface area contributed by atoms with E-state index < -0.39 is 0 Å². The minimum atomic E-state index is 1.01. The van der Waals surface area contributed by atoms with Crippen LogP contribution >= 0.6 is 0 Å². The van der Waals surface area contributed by atoms with Gasteiger partial charge in [-0.2, -0.15) is 0 Å². The number of para-hydroxylation sites is 2. The molecule has 1 nitrogen and oxygen atoms in total. The Morgan fingerprint density at radius 3 is 1.42 bits per heavy atom. The molecule has 0 aliphatic carbocycles. The average molecular weight is 420 g/mol. The van der Waals surface area contributed by atoms with Crippen molar-refractivity contribution in [3.05, 3.63) is 139 Å². The molecule has 0 atom stereocenters. The van der Waals surface area contributed by atoms with Crippen LogP contribution in [0.15, 0.2) is 127 Å². The van der Waals surface area contributed by atoms with Crippen LogP contribution in [0, 0.1) is 11.8 Å². The van der Waals surface area contributed by atoms with Crippen LogP contribution in [-0.4, -0.2) is 4.57 Å². The Morgan fingerprint density at radius 1 is 0.394 bits per heavy atom. The van der Waals surface area contributed by atoms with Gasteiger partial charge in [-0.05, 0) is 59.7 Å². The van der Waals surface area contributed by atoms with E-state index in [-0.39, 0.29) is 0 Å². The van der Waals surface area contributed by atoms with E-state index in [1.54, 1.807) is 0 Å². The minimum absolute atomic E-state index is 1.01. The second kappa shape index (κ2) is 8.19. The largest absolute Gasteiger partial charge is 0.309 e. The predicted octanol–water partition coefficient (Wildman–Crippen LogP) is 7.85. The summed E-state index contributed by atoms with van der Waals surface area (Å²) in [6, 6.07) is 44.5. The highest BCUT2D eigenvalue weighted by atomic mass is 15.0. The van der Waals surface area contributed by atoms with Crippen molar-refractivity contribution in [1.29, 1.82) is 0 Å². The van der Waals surface area contributed by atoms with Crippen LogP contribution in [0.1, 0.15) is 11.1 Å². The van der Waals surface area contributed by atoms with Crippen molar-refractivity contribution in [3.63, 3.8) is 0 Å². The van der Waals surface area contributed by atoms with Crippen LogP contribution in [-0.2, 0) is 0 Å². The summed E-state index contributed by atoms with van der Waals surface area (Å²) in [4.78, 5) is 0. The molecule has 6 aromatic rings. The van der Waals surface area contributed by atoms with Gasteiger partial charge in [-0.1, -0.05) is 90.7 Å². The molecule has 0 saturated heterocycles. The maximum absolute atomic E-state index is 3.31. The maximum Gasteiger partial charge on any atom is 0.0541 e. The van der Waals surface area contributed by atoms with E-state index in [0.29, 0.717) is 0 Å². The number of aromatic nitrogens is 1. The molecule has 0 aliphatic rings. The fraction of sp³-hybridized carbons (Fsp3) is 0. The van der Waals surface area contributed by atoms with E-state index >= 15 is 0 Å². The first-order chi connectivity index (χ1) is 16.4. The summed E-state index contributed by atoms with van der Waals surface area (Å²) in [5.74, 6) is 6.60. The monoisotopic (exact) mass is 419 g/mol. The van der Waals surface area contributed by atoms with Crippen molar-refractivity contribution in [2.75, 3.05) is 0 Å². The van der Waals surface area contributed by atoms with Gasteiger partial charge in [0, 0.05) is 27.6 Å². The van der Waals surface area contributed by atoms with Crippen molar-refractivity contribution < 1.29 is 0 Å². The first-order valence-electron chi connectivity index (χ1n) is 11.1. The molecule has 0 saturated carbocycles. The normalized spacial score (nSPS) is 10.8. The van der Waals surface area contributed by atoms with Crippen LogP contribution in [0.3, 0.4) is 0 Å². The third-order valence-electron chi connectivity index (χ3n) is 6.05. The number of rotatable bonds is 2. The third kappa shape index (κ3) is 3.59. The Hall–Kier alpha value is -4.54. The lowest BCUT2D eigenvalue weighted by molar-refractivity contribution is 1.18. The molecular weight excluding hydrogens is 398 g/mol. The first kappa shape index (κ1) is 19.2. The van der Waals surface area contributed by atoms with E-state index in [4.69, 9.17) is 0 Å². The average Bonchev–Trinajstić information content (AvgIpc) is 3.23. The highest BCUT2D eigenvalue weighted by Gasteiger charge is 2.10. The molecule has 5 aromatic carbocycles. The SMILES string of the molecule is C(#Cc1ccc(-n2c3ccccc3c3ccccc32)cc1)c1ccc(-c2ccccc2)cc1. The lowest BCUT2D eigenvalue weighted by Gasteiger charge is -2.07. The van der Waals surface area contributed by atoms with Crippen LogP contribution in [0.25, 0.3) is 38.6 Å². The Labute approximate surface area is 193 Å². The summed E-state index contributed by atoms with van der Waals surface area (Å²) in [6.45, 7) is 0. The summed E-state index contributed by atoms with van der Waals surface area (Å²) in [5, 5.41) is 2.55. The quantitative estimate of drug-likeness (QED) is 0.252. The van der Waals surface area contributed by atoms with Gasteiger partial charge in [0.2, 0.25) is 0 Å². The van der Waals surface area contributed by atoms with Gasteiger partial charge < -0.3 is 4.57 Å². The smallest absolute Gasteiger partial charge is 0.0541 e. The lowest BCUT2D eigenvalue weighted by Crippen LogP contribution is -1.93.